The van der Waals surface area contributed by atoms with Gasteiger partial charge >= 0.3 is 11.8 Å². The van der Waals surface area contributed by atoms with Gasteiger partial charge in [-0.2, -0.15) is 0 Å². The third-order valence-electron chi connectivity index (χ3n) is 4.69. The molecule has 0 aliphatic carbocycles. The molecule has 0 radical (unpaired) electrons. The van der Waals surface area contributed by atoms with E-state index in [4.69, 9.17) is 4.74 Å². The molecule has 4 rings (SSSR count). The van der Waals surface area contributed by atoms with Crippen molar-refractivity contribution < 1.29 is 14.3 Å². The fourth-order valence-corrected chi connectivity index (χ4v) is 3.12. The number of para-hydroxylation sites is 1. The van der Waals surface area contributed by atoms with Crippen molar-refractivity contribution >= 4 is 23.5 Å². The van der Waals surface area contributed by atoms with Crippen LogP contribution in [-0.2, 0) is 9.59 Å². The average molecular weight is 403 g/mol. The minimum Gasteiger partial charge on any atom is -0.457 e. The van der Waals surface area contributed by atoms with Crippen LogP contribution >= 0.6 is 0 Å². The van der Waals surface area contributed by atoms with E-state index in [0.717, 1.165) is 5.75 Å². The maximum Gasteiger partial charge on any atom is 0.313 e. The molecule has 0 unspecified atom stereocenters. The third-order valence-corrected chi connectivity index (χ3v) is 4.69. The summed E-state index contributed by atoms with van der Waals surface area (Å²) in [4.78, 5) is 36.8. The van der Waals surface area contributed by atoms with E-state index in [1.165, 1.54) is 0 Å². The first-order valence-corrected chi connectivity index (χ1v) is 9.64. The Bertz CT molecular complexity index is 988. The Morgan fingerprint density at radius 2 is 1.43 bits per heavy atom. The molecule has 0 atom stereocenters. The lowest BCUT2D eigenvalue weighted by Gasteiger charge is -2.34. The summed E-state index contributed by atoms with van der Waals surface area (Å²) in [7, 11) is 0. The van der Waals surface area contributed by atoms with Crippen LogP contribution in [0.3, 0.4) is 0 Å². The summed E-state index contributed by atoms with van der Waals surface area (Å²) in [6.45, 7) is 2.03. The highest BCUT2D eigenvalue weighted by Gasteiger charge is 2.26. The molecule has 2 aromatic carbocycles. The number of nitrogens with zero attached hydrogens (tertiary/aromatic N) is 4. The number of ether oxygens (including phenoxy) is 1. The van der Waals surface area contributed by atoms with Crippen LogP contribution in [0.2, 0.25) is 0 Å². The number of amides is 2. The molecule has 1 N–H and O–H groups in total. The summed E-state index contributed by atoms with van der Waals surface area (Å²) < 4.78 is 5.72. The molecule has 0 saturated carbocycles. The van der Waals surface area contributed by atoms with Crippen LogP contribution in [0.25, 0.3) is 0 Å². The molecule has 8 nitrogen and oxygen atoms in total. The molecule has 2 amide bonds. The Hall–Kier alpha value is -3.94. The number of nitrogens with one attached hydrogen (secondary N) is 1. The highest BCUT2D eigenvalue weighted by atomic mass is 16.5. The largest absolute Gasteiger partial charge is 0.457 e. The van der Waals surface area contributed by atoms with Gasteiger partial charge in [0.05, 0.1) is 0 Å². The maximum absolute atomic E-state index is 12.5. The number of anilines is 2. The van der Waals surface area contributed by atoms with Gasteiger partial charge in [0, 0.05) is 44.3 Å². The zero-order valence-electron chi connectivity index (χ0n) is 16.3. The van der Waals surface area contributed by atoms with Crippen molar-refractivity contribution in [2.24, 2.45) is 0 Å². The number of piperazine rings is 1. The van der Waals surface area contributed by atoms with Gasteiger partial charge in [-0.15, -0.1) is 0 Å². The second-order valence-electron chi connectivity index (χ2n) is 6.72. The molecule has 0 spiro atoms. The lowest BCUT2D eigenvalue weighted by Crippen LogP contribution is -2.52. The summed E-state index contributed by atoms with van der Waals surface area (Å²) in [5.74, 6) is 0.797. The molecule has 152 valence electrons. The van der Waals surface area contributed by atoms with Crippen molar-refractivity contribution in [3.8, 4) is 11.5 Å². The Kier molecular flexibility index (Phi) is 5.84. The number of benzene rings is 2. The topological polar surface area (TPSA) is 87.7 Å². The average Bonchev–Trinajstić information content (AvgIpc) is 2.81. The lowest BCUT2D eigenvalue weighted by molar-refractivity contribution is -0.143. The van der Waals surface area contributed by atoms with Crippen molar-refractivity contribution in [2.75, 3.05) is 36.4 Å². The fourth-order valence-electron chi connectivity index (χ4n) is 3.12. The van der Waals surface area contributed by atoms with Crippen molar-refractivity contribution in [2.45, 2.75) is 0 Å². The zero-order chi connectivity index (χ0) is 20.8. The van der Waals surface area contributed by atoms with Gasteiger partial charge in [0.25, 0.3) is 0 Å². The molecule has 0 bridgehead atoms. The monoisotopic (exact) mass is 403 g/mol. The van der Waals surface area contributed by atoms with E-state index in [1.807, 2.05) is 35.2 Å². The van der Waals surface area contributed by atoms with Gasteiger partial charge in [0.2, 0.25) is 5.95 Å². The Labute approximate surface area is 174 Å². The highest BCUT2D eigenvalue weighted by Crippen LogP contribution is 2.22. The van der Waals surface area contributed by atoms with Crippen molar-refractivity contribution in [1.82, 2.24) is 14.9 Å². The predicted octanol–water partition coefficient (Wildman–Crippen LogP) is 2.56. The minimum absolute atomic E-state index is 0.439. The van der Waals surface area contributed by atoms with Gasteiger partial charge in [-0.05, 0) is 42.5 Å². The standard InChI is InChI=1S/C22H21N5O3/c28-20(21(29)26-13-15-27(16-14-26)22-23-11-4-12-24-22)25-17-7-9-19(10-8-17)30-18-5-2-1-3-6-18/h1-12H,13-16H2,(H,25,28). The smallest absolute Gasteiger partial charge is 0.313 e. The van der Waals surface area contributed by atoms with Crippen molar-refractivity contribution in [1.29, 1.82) is 0 Å². The van der Waals surface area contributed by atoms with E-state index >= 15 is 0 Å². The van der Waals surface area contributed by atoms with Crippen LogP contribution in [0.4, 0.5) is 11.6 Å². The van der Waals surface area contributed by atoms with Crippen LogP contribution in [0.5, 0.6) is 11.5 Å². The molecular weight excluding hydrogens is 382 g/mol. The van der Waals surface area contributed by atoms with Crippen LogP contribution in [-0.4, -0.2) is 52.9 Å². The SMILES string of the molecule is O=C(Nc1ccc(Oc2ccccc2)cc1)C(=O)N1CCN(c2ncccn2)CC1. The predicted molar refractivity (Wildman–Crippen MR) is 112 cm³/mol. The second-order valence-corrected chi connectivity index (χ2v) is 6.72. The molecule has 3 aromatic rings. The molecule has 1 fully saturated rings. The van der Waals surface area contributed by atoms with Crippen LogP contribution < -0.4 is 15.0 Å². The first-order chi connectivity index (χ1) is 14.7. The van der Waals surface area contributed by atoms with Crippen LogP contribution in [0, 0.1) is 0 Å². The summed E-state index contributed by atoms with van der Waals surface area (Å²) in [5, 5.41) is 2.65. The molecular formula is C22H21N5O3. The van der Waals surface area contributed by atoms with E-state index in [0.29, 0.717) is 43.6 Å². The summed E-state index contributed by atoms with van der Waals surface area (Å²) in [6.07, 6.45) is 3.37. The maximum atomic E-state index is 12.5. The van der Waals surface area contributed by atoms with Gasteiger partial charge in [0.1, 0.15) is 11.5 Å². The molecule has 1 aliphatic rings. The molecule has 1 aromatic heterocycles. The quantitative estimate of drug-likeness (QED) is 0.674. The van der Waals surface area contributed by atoms with E-state index in [1.54, 1.807) is 47.6 Å². The van der Waals surface area contributed by atoms with E-state index < -0.39 is 11.8 Å². The molecule has 30 heavy (non-hydrogen) atoms. The lowest BCUT2D eigenvalue weighted by atomic mass is 10.2. The van der Waals surface area contributed by atoms with Crippen LogP contribution in [0.15, 0.2) is 73.1 Å². The van der Waals surface area contributed by atoms with E-state index in [9.17, 15) is 9.59 Å². The zero-order valence-corrected chi connectivity index (χ0v) is 16.3. The molecule has 1 aliphatic heterocycles. The number of carbonyl (C=O) groups is 2. The van der Waals surface area contributed by atoms with E-state index in [2.05, 4.69) is 15.3 Å². The van der Waals surface area contributed by atoms with Gasteiger partial charge in [-0.25, -0.2) is 9.97 Å². The molecule has 8 heteroatoms. The fraction of sp³-hybridized carbons (Fsp3) is 0.182. The summed E-state index contributed by atoms with van der Waals surface area (Å²) in [5.41, 5.74) is 0.532. The summed E-state index contributed by atoms with van der Waals surface area (Å²) >= 11 is 0. The van der Waals surface area contributed by atoms with Crippen molar-refractivity contribution in [3.63, 3.8) is 0 Å². The number of hydrogen-bond donors (Lipinski definition) is 1. The third kappa shape index (κ3) is 4.72. The van der Waals surface area contributed by atoms with Gasteiger partial charge in [-0.3, -0.25) is 9.59 Å². The Morgan fingerprint density at radius 3 is 2.10 bits per heavy atom. The normalized spacial score (nSPS) is 13.6. The molecule has 1 saturated heterocycles. The molecule has 2 heterocycles. The van der Waals surface area contributed by atoms with Gasteiger partial charge < -0.3 is 19.9 Å². The first-order valence-electron chi connectivity index (χ1n) is 9.64. The van der Waals surface area contributed by atoms with Crippen molar-refractivity contribution in [3.05, 3.63) is 73.1 Å². The number of carbonyl (C=O) groups excluding carboxylic acids is 2. The van der Waals surface area contributed by atoms with Crippen LogP contribution in [0.1, 0.15) is 0 Å². The second kappa shape index (κ2) is 9.04. The number of hydrogen-bond acceptors (Lipinski definition) is 6. The Morgan fingerprint density at radius 1 is 0.800 bits per heavy atom. The van der Waals surface area contributed by atoms with Gasteiger partial charge in [-0.1, -0.05) is 18.2 Å². The highest BCUT2D eigenvalue weighted by molar-refractivity contribution is 6.39. The summed E-state index contributed by atoms with van der Waals surface area (Å²) in [6, 6.07) is 18.1. The Balaban J connectivity index is 1.29. The number of aromatic nitrogens is 2. The first kappa shape index (κ1) is 19.4. The van der Waals surface area contributed by atoms with E-state index in [-0.39, 0.29) is 0 Å². The number of rotatable bonds is 4. The van der Waals surface area contributed by atoms with Gasteiger partial charge in [0.15, 0.2) is 0 Å². The minimum atomic E-state index is -0.656.